The predicted molar refractivity (Wildman–Crippen MR) is 169 cm³/mol. The molecule has 0 aromatic heterocycles. The lowest BCUT2D eigenvalue weighted by Gasteiger charge is -2.34. The molecule has 0 bridgehead atoms. The van der Waals surface area contributed by atoms with Crippen LogP contribution in [0.15, 0.2) is 47.4 Å². The van der Waals surface area contributed by atoms with Crippen LogP contribution in [0.5, 0.6) is 0 Å². The Kier molecular flexibility index (Phi) is 15.1. The van der Waals surface area contributed by atoms with Gasteiger partial charge in [0.2, 0.25) is 31.9 Å². The fourth-order valence-electron chi connectivity index (χ4n) is 4.18. The summed E-state index contributed by atoms with van der Waals surface area (Å²) in [4.78, 5) is 28.2. The molecule has 2 aromatic carbocycles. The number of nitrogens with zero attached hydrogens (tertiary/aromatic N) is 1. The molecule has 0 spiro atoms. The summed E-state index contributed by atoms with van der Waals surface area (Å²) in [7, 11) is -8.63. The number of ether oxygens (including phenoxy) is 2. The fraction of sp³-hybridized carbons (Fsp3) is 0.500. The molecular weight excluding hydrogens is 674 g/mol. The van der Waals surface area contributed by atoms with E-state index in [9.17, 15) is 30.8 Å². The predicted octanol–water partition coefficient (Wildman–Crippen LogP) is 2.69. The number of amides is 2. The van der Waals surface area contributed by atoms with Gasteiger partial charge in [-0.1, -0.05) is 35.3 Å². The molecule has 0 aliphatic heterocycles. The van der Waals surface area contributed by atoms with Gasteiger partial charge in [0.1, 0.15) is 22.8 Å². The Morgan fingerprint density at radius 1 is 0.933 bits per heavy atom. The summed E-state index contributed by atoms with van der Waals surface area (Å²) in [5.74, 6) is -2.69. The number of sulfonamides is 2. The molecule has 0 radical (unpaired) electrons. The SMILES string of the molecule is CCOC(CN(C(=O)C(Cc1ccc(Cl)cc1)NC(=O)C(CNS(=O)(=O)c1ccc(Cl)cc1F)NS(C)(=O)=O)C(C)C)OCC. The lowest BCUT2D eigenvalue weighted by atomic mass is 10.0. The second-order valence-corrected chi connectivity index (χ2v) is 14.6. The van der Waals surface area contributed by atoms with Gasteiger partial charge in [0.15, 0.2) is 6.29 Å². The molecule has 2 amide bonds. The van der Waals surface area contributed by atoms with Crippen molar-refractivity contribution in [2.45, 2.75) is 63.4 Å². The maximum Gasteiger partial charge on any atom is 0.245 e. The van der Waals surface area contributed by atoms with E-state index >= 15 is 0 Å². The van der Waals surface area contributed by atoms with E-state index in [4.69, 9.17) is 32.7 Å². The first-order chi connectivity index (χ1) is 21.0. The summed E-state index contributed by atoms with van der Waals surface area (Å²) in [6.07, 6.45) is 0.00576. The number of hydrogen-bond donors (Lipinski definition) is 3. The highest BCUT2D eigenvalue weighted by atomic mass is 35.5. The number of halogens is 3. The summed E-state index contributed by atoms with van der Waals surface area (Å²) < 4.78 is 79.7. The number of benzene rings is 2. The van der Waals surface area contributed by atoms with Gasteiger partial charge in [0.25, 0.3) is 0 Å². The van der Waals surface area contributed by atoms with Crippen molar-refractivity contribution in [2.24, 2.45) is 0 Å². The van der Waals surface area contributed by atoms with Gasteiger partial charge in [-0.2, -0.15) is 0 Å². The second-order valence-electron chi connectivity index (χ2n) is 10.2. The minimum atomic E-state index is -4.55. The van der Waals surface area contributed by atoms with Crippen molar-refractivity contribution in [1.82, 2.24) is 19.7 Å². The van der Waals surface area contributed by atoms with Crippen molar-refractivity contribution in [1.29, 1.82) is 0 Å². The van der Waals surface area contributed by atoms with E-state index in [0.717, 1.165) is 24.5 Å². The molecule has 0 aliphatic rings. The van der Waals surface area contributed by atoms with Crippen LogP contribution in [-0.4, -0.2) is 90.5 Å². The van der Waals surface area contributed by atoms with Crippen LogP contribution >= 0.6 is 23.2 Å². The molecule has 0 heterocycles. The van der Waals surface area contributed by atoms with Crippen molar-refractivity contribution in [3.05, 3.63) is 63.9 Å². The lowest BCUT2D eigenvalue weighted by molar-refractivity contribution is -0.163. The molecule has 2 aromatic rings. The monoisotopic (exact) mass is 712 g/mol. The molecule has 0 saturated carbocycles. The molecular formula is C28H39Cl2FN4O8S2. The van der Waals surface area contributed by atoms with E-state index in [1.165, 1.54) is 4.90 Å². The van der Waals surface area contributed by atoms with Crippen LogP contribution < -0.4 is 14.8 Å². The number of carbonyl (C=O) groups is 2. The van der Waals surface area contributed by atoms with Crippen LogP contribution in [0.3, 0.4) is 0 Å². The van der Waals surface area contributed by atoms with E-state index in [2.05, 4.69) is 14.8 Å². The standard InChI is InChI=1S/C28H39Cl2FN4O8S2/c1-6-42-26(43-7-2)17-35(18(3)4)28(37)23(14-19-8-10-20(29)11-9-19)33-27(36)24(34-44(5,38)39)16-32-45(40,41)25-13-12-21(30)15-22(25)31/h8-13,15,18,23-24,26,32,34H,6-7,14,16-17H2,1-5H3,(H,33,36). The van der Waals surface area contributed by atoms with Gasteiger partial charge < -0.3 is 19.7 Å². The molecule has 2 rings (SSSR count). The van der Waals surface area contributed by atoms with Crippen molar-refractivity contribution in [3.63, 3.8) is 0 Å². The van der Waals surface area contributed by atoms with Gasteiger partial charge in [-0.3, -0.25) is 9.59 Å². The smallest absolute Gasteiger partial charge is 0.245 e. The maximum atomic E-state index is 14.4. The van der Waals surface area contributed by atoms with E-state index in [0.29, 0.717) is 23.8 Å². The molecule has 45 heavy (non-hydrogen) atoms. The minimum Gasteiger partial charge on any atom is -0.351 e. The zero-order valence-electron chi connectivity index (χ0n) is 25.5. The first kappa shape index (κ1) is 38.8. The first-order valence-electron chi connectivity index (χ1n) is 14.0. The highest BCUT2D eigenvalue weighted by molar-refractivity contribution is 7.89. The first-order valence-corrected chi connectivity index (χ1v) is 18.1. The van der Waals surface area contributed by atoms with Crippen molar-refractivity contribution in [2.75, 3.05) is 32.6 Å². The Labute approximate surface area is 274 Å². The normalized spacial score (nSPS) is 13.6. The Morgan fingerprint density at radius 3 is 2.02 bits per heavy atom. The number of carbonyl (C=O) groups excluding carboxylic acids is 2. The summed E-state index contributed by atoms with van der Waals surface area (Å²) in [5.41, 5.74) is 0.625. The molecule has 252 valence electrons. The average Bonchev–Trinajstić information content (AvgIpc) is 2.93. The van der Waals surface area contributed by atoms with E-state index in [1.54, 1.807) is 52.0 Å². The molecule has 0 saturated heterocycles. The lowest BCUT2D eigenvalue weighted by Crippen LogP contribution is -2.59. The summed E-state index contributed by atoms with van der Waals surface area (Å²) in [6, 6.07) is 6.11. The Morgan fingerprint density at radius 2 is 1.51 bits per heavy atom. The molecule has 0 aliphatic carbocycles. The molecule has 3 N–H and O–H groups in total. The van der Waals surface area contributed by atoms with Crippen molar-refractivity contribution < 1.29 is 40.3 Å². The van der Waals surface area contributed by atoms with Crippen LogP contribution in [0, 0.1) is 5.82 Å². The van der Waals surface area contributed by atoms with Crippen LogP contribution in [0.1, 0.15) is 33.3 Å². The number of rotatable bonds is 18. The zero-order valence-corrected chi connectivity index (χ0v) is 28.7. The highest BCUT2D eigenvalue weighted by Gasteiger charge is 2.33. The Hall–Kier alpha value is -2.37. The summed E-state index contributed by atoms with van der Waals surface area (Å²) in [5, 5.41) is 2.98. The van der Waals surface area contributed by atoms with Crippen LogP contribution in [0.25, 0.3) is 0 Å². The molecule has 2 atom stereocenters. The largest absolute Gasteiger partial charge is 0.351 e. The second kappa shape index (κ2) is 17.5. The van der Waals surface area contributed by atoms with Gasteiger partial charge in [0.05, 0.1) is 12.8 Å². The van der Waals surface area contributed by atoms with Gasteiger partial charge in [-0.15, -0.1) is 0 Å². The number of hydrogen-bond acceptors (Lipinski definition) is 8. The van der Waals surface area contributed by atoms with Gasteiger partial charge >= 0.3 is 0 Å². The van der Waals surface area contributed by atoms with Crippen LogP contribution in [-0.2, 0) is 45.5 Å². The van der Waals surface area contributed by atoms with Crippen molar-refractivity contribution in [3.8, 4) is 0 Å². The minimum absolute atomic E-state index is 0.0216. The highest BCUT2D eigenvalue weighted by Crippen LogP contribution is 2.19. The fourth-order valence-corrected chi connectivity index (χ4v) is 6.28. The molecule has 0 fully saturated rings. The third-order valence-electron chi connectivity index (χ3n) is 6.26. The van der Waals surface area contributed by atoms with Gasteiger partial charge in [-0.05, 0) is 63.6 Å². The topological polar surface area (TPSA) is 160 Å². The van der Waals surface area contributed by atoms with Crippen LogP contribution in [0.2, 0.25) is 10.0 Å². The van der Waals surface area contributed by atoms with E-state index in [-0.39, 0.29) is 24.0 Å². The van der Waals surface area contributed by atoms with Gasteiger partial charge in [-0.25, -0.2) is 30.7 Å². The Bertz CT molecular complexity index is 1510. The Balaban J connectivity index is 2.42. The maximum absolute atomic E-state index is 14.4. The zero-order chi connectivity index (χ0) is 33.9. The van der Waals surface area contributed by atoms with E-state index < -0.39 is 67.5 Å². The average molecular weight is 714 g/mol. The molecule has 12 nitrogen and oxygen atoms in total. The molecule has 17 heteroatoms. The van der Waals surface area contributed by atoms with Crippen LogP contribution in [0.4, 0.5) is 4.39 Å². The third-order valence-corrected chi connectivity index (χ3v) is 8.92. The summed E-state index contributed by atoms with van der Waals surface area (Å²) >= 11 is 11.7. The van der Waals surface area contributed by atoms with Crippen molar-refractivity contribution >= 4 is 55.1 Å². The molecule has 2 unspecified atom stereocenters. The van der Waals surface area contributed by atoms with Gasteiger partial charge in [0, 0.05) is 42.3 Å². The quantitative estimate of drug-likeness (QED) is 0.199. The number of nitrogens with one attached hydrogen (secondary N) is 3. The van der Waals surface area contributed by atoms with E-state index in [1.807, 2.05) is 0 Å². The third kappa shape index (κ3) is 12.7. The summed E-state index contributed by atoms with van der Waals surface area (Å²) in [6.45, 7) is 6.97.